The molecular formula is C20H21NO4S. The molecule has 0 aliphatic carbocycles. The summed E-state index contributed by atoms with van der Waals surface area (Å²) in [5.74, 6) is 0.836. The summed E-state index contributed by atoms with van der Waals surface area (Å²) >= 11 is 1.54. The number of aromatic nitrogens is 1. The van der Waals surface area contributed by atoms with Crippen molar-refractivity contribution in [2.24, 2.45) is 0 Å². The lowest BCUT2D eigenvalue weighted by atomic mass is 10.2. The molecule has 3 rings (SSSR count). The van der Waals surface area contributed by atoms with E-state index in [-0.39, 0.29) is 5.97 Å². The minimum atomic E-state index is -0.377. The predicted molar refractivity (Wildman–Crippen MR) is 103 cm³/mol. The van der Waals surface area contributed by atoms with Crippen LogP contribution in [0.15, 0.2) is 46.2 Å². The molecule has 26 heavy (non-hydrogen) atoms. The van der Waals surface area contributed by atoms with Gasteiger partial charge in [-0.2, -0.15) is 0 Å². The molecule has 0 spiro atoms. The summed E-state index contributed by atoms with van der Waals surface area (Å²) in [5.41, 5.74) is 2.37. The summed E-state index contributed by atoms with van der Waals surface area (Å²) in [6, 6.07) is 11.8. The van der Waals surface area contributed by atoms with Gasteiger partial charge in [0.2, 0.25) is 0 Å². The van der Waals surface area contributed by atoms with E-state index < -0.39 is 0 Å². The van der Waals surface area contributed by atoms with Crippen LogP contribution in [-0.4, -0.2) is 31.8 Å². The maximum absolute atomic E-state index is 12.5. The number of H-pyrrole nitrogens is 1. The number of esters is 1. The first-order chi connectivity index (χ1) is 12.6. The third kappa shape index (κ3) is 3.37. The number of nitrogens with one attached hydrogen (secondary N) is 1. The van der Waals surface area contributed by atoms with Crippen molar-refractivity contribution in [1.29, 1.82) is 0 Å². The Morgan fingerprint density at radius 3 is 2.46 bits per heavy atom. The van der Waals surface area contributed by atoms with Crippen LogP contribution >= 0.6 is 11.8 Å². The number of methoxy groups -OCH3 is 2. The standard InChI is InChI=1S/C20H21NO4S/c1-5-25-20(22)18-19(26-17-9-7-6-8-12(17)2)13-10-15(23-3)16(24-4)11-14(13)21-18/h6-11,21H,5H2,1-4H3. The fraction of sp³-hybridized carbons (Fsp3) is 0.250. The number of ether oxygens (including phenoxy) is 3. The van der Waals surface area contributed by atoms with E-state index in [1.807, 2.05) is 43.3 Å². The Labute approximate surface area is 156 Å². The van der Waals surface area contributed by atoms with Gasteiger partial charge in [0.25, 0.3) is 0 Å². The van der Waals surface area contributed by atoms with Gasteiger partial charge in [0.15, 0.2) is 11.5 Å². The minimum Gasteiger partial charge on any atom is -0.493 e. The number of rotatable bonds is 6. The highest BCUT2D eigenvalue weighted by molar-refractivity contribution is 7.99. The van der Waals surface area contributed by atoms with Gasteiger partial charge in [0.05, 0.1) is 31.2 Å². The Hall–Kier alpha value is -2.60. The third-order valence-electron chi connectivity index (χ3n) is 4.04. The molecule has 2 aromatic carbocycles. The zero-order chi connectivity index (χ0) is 18.7. The van der Waals surface area contributed by atoms with Gasteiger partial charge in [0, 0.05) is 16.3 Å². The number of hydrogen-bond acceptors (Lipinski definition) is 5. The molecule has 0 radical (unpaired) electrons. The van der Waals surface area contributed by atoms with Gasteiger partial charge in [-0.25, -0.2) is 4.79 Å². The smallest absolute Gasteiger partial charge is 0.355 e. The molecule has 6 heteroatoms. The van der Waals surface area contributed by atoms with E-state index in [2.05, 4.69) is 4.98 Å². The van der Waals surface area contributed by atoms with Crippen LogP contribution in [0.5, 0.6) is 11.5 Å². The third-order valence-corrected chi connectivity index (χ3v) is 5.35. The predicted octanol–water partition coefficient (Wildman–Crippen LogP) is 4.82. The maximum Gasteiger partial charge on any atom is 0.355 e. The second kappa shape index (κ2) is 7.74. The molecule has 1 N–H and O–H groups in total. The fourth-order valence-electron chi connectivity index (χ4n) is 2.73. The van der Waals surface area contributed by atoms with Crippen LogP contribution in [0.25, 0.3) is 10.9 Å². The molecule has 5 nitrogen and oxygen atoms in total. The van der Waals surface area contributed by atoms with Gasteiger partial charge < -0.3 is 19.2 Å². The van der Waals surface area contributed by atoms with Crippen molar-refractivity contribution >= 4 is 28.6 Å². The zero-order valence-electron chi connectivity index (χ0n) is 15.2. The number of hydrogen-bond donors (Lipinski definition) is 1. The summed E-state index contributed by atoms with van der Waals surface area (Å²) < 4.78 is 16.0. The van der Waals surface area contributed by atoms with Crippen LogP contribution in [0, 0.1) is 6.92 Å². The highest BCUT2D eigenvalue weighted by atomic mass is 32.2. The molecule has 0 aliphatic heterocycles. The van der Waals surface area contributed by atoms with Crippen LogP contribution in [0.2, 0.25) is 0 Å². The summed E-state index contributed by atoms with van der Waals surface area (Å²) in [7, 11) is 3.18. The molecule has 1 aromatic heterocycles. The quantitative estimate of drug-likeness (QED) is 0.630. The number of fused-ring (bicyclic) bond motifs is 1. The normalized spacial score (nSPS) is 10.8. The molecule has 0 fully saturated rings. The Morgan fingerprint density at radius 2 is 1.81 bits per heavy atom. The second-order valence-electron chi connectivity index (χ2n) is 5.67. The lowest BCUT2D eigenvalue weighted by Gasteiger charge is -2.09. The van der Waals surface area contributed by atoms with Crippen molar-refractivity contribution in [3.05, 3.63) is 47.7 Å². The average Bonchev–Trinajstić information content (AvgIpc) is 3.00. The first-order valence-corrected chi connectivity index (χ1v) is 9.09. The van der Waals surface area contributed by atoms with Crippen LogP contribution in [-0.2, 0) is 4.74 Å². The monoisotopic (exact) mass is 371 g/mol. The molecule has 0 unspecified atom stereocenters. The van der Waals surface area contributed by atoms with Crippen molar-refractivity contribution in [2.45, 2.75) is 23.6 Å². The molecule has 136 valence electrons. The molecule has 1 heterocycles. The number of benzene rings is 2. The van der Waals surface area contributed by atoms with Gasteiger partial charge >= 0.3 is 5.97 Å². The fourth-order valence-corrected chi connectivity index (χ4v) is 3.84. The Bertz CT molecular complexity index is 948. The second-order valence-corrected chi connectivity index (χ2v) is 6.72. The highest BCUT2D eigenvalue weighted by Gasteiger charge is 2.22. The van der Waals surface area contributed by atoms with Crippen molar-refractivity contribution in [1.82, 2.24) is 4.98 Å². The molecule has 3 aromatic rings. The average molecular weight is 371 g/mol. The molecule has 0 aliphatic rings. The Balaban J connectivity index is 2.20. The summed E-state index contributed by atoms with van der Waals surface area (Å²) in [5, 5.41) is 0.888. The number of carbonyl (C=O) groups is 1. The van der Waals surface area contributed by atoms with E-state index in [9.17, 15) is 4.79 Å². The SMILES string of the molecule is CCOC(=O)c1[nH]c2cc(OC)c(OC)cc2c1Sc1ccccc1C. The highest BCUT2D eigenvalue weighted by Crippen LogP contribution is 2.42. The molecule has 0 amide bonds. The van der Waals surface area contributed by atoms with Crippen molar-refractivity contribution in [3.63, 3.8) is 0 Å². The van der Waals surface area contributed by atoms with Crippen LogP contribution in [0.1, 0.15) is 23.0 Å². The van der Waals surface area contributed by atoms with Crippen molar-refractivity contribution in [2.75, 3.05) is 20.8 Å². The molecule has 0 saturated carbocycles. The first-order valence-electron chi connectivity index (χ1n) is 8.27. The van der Waals surface area contributed by atoms with Gasteiger partial charge in [0.1, 0.15) is 5.69 Å². The van der Waals surface area contributed by atoms with E-state index in [1.54, 1.807) is 21.1 Å². The van der Waals surface area contributed by atoms with E-state index in [1.165, 1.54) is 11.8 Å². The Kier molecular flexibility index (Phi) is 5.42. The maximum atomic E-state index is 12.5. The van der Waals surface area contributed by atoms with Crippen LogP contribution in [0.4, 0.5) is 0 Å². The summed E-state index contributed by atoms with van der Waals surface area (Å²) in [6.45, 7) is 4.15. The van der Waals surface area contributed by atoms with Crippen LogP contribution < -0.4 is 9.47 Å². The molecule has 0 bridgehead atoms. The molecule has 0 saturated heterocycles. The lowest BCUT2D eigenvalue weighted by molar-refractivity contribution is 0.0516. The first kappa shape index (κ1) is 18.2. The van der Waals surface area contributed by atoms with Crippen LogP contribution in [0.3, 0.4) is 0 Å². The van der Waals surface area contributed by atoms with E-state index >= 15 is 0 Å². The Morgan fingerprint density at radius 1 is 1.12 bits per heavy atom. The van der Waals surface area contributed by atoms with Gasteiger partial charge in [-0.1, -0.05) is 30.0 Å². The van der Waals surface area contributed by atoms with Gasteiger partial charge in [-0.05, 0) is 31.5 Å². The molecule has 0 atom stereocenters. The van der Waals surface area contributed by atoms with Crippen molar-refractivity contribution < 1.29 is 19.0 Å². The van der Waals surface area contributed by atoms with Gasteiger partial charge in [-0.15, -0.1) is 0 Å². The minimum absolute atomic E-state index is 0.315. The van der Waals surface area contributed by atoms with Crippen molar-refractivity contribution in [3.8, 4) is 11.5 Å². The van der Waals surface area contributed by atoms with E-state index in [0.29, 0.717) is 23.8 Å². The number of carbonyl (C=O) groups excluding carboxylic acids is 1. The largest absolute Gasteiger partial charge is 0.493 e. The van der Waals surface area contributed by atoms with E-state index in [0.717, 1.165) is 26.3 Å². The zero-order valence-corrected chi connectivity index (χ0v) is 16.0. The molecular weight excluding hydrogens is 350 g/mol. The summed E-state index contributed by atoms with van der Waals surface area (Å²) in [4.78, 5) is 17.6. The number of aryl methyl sites for hydroxylation is 1. The topological polar surface area (TPSA) is 60.6 Å². The number of aromatic amines is 1. The lowest BCUT2D eigenvalue weighted by Crippen LogP contribution is -2.06. The summed E-state index contributed by atoms with van der Waals surface area (Å²) in [6.07, 6.45) is 0. The van der Waals surface area contributed by atoms with Gasteiger partial charge in [-0.3, -0.25) is 0 Å². The van der Waals surface area contributed by atoms with E-state index in [4.69, 9.17) is 14.2 Å².